The number of halogens is 2. The molecular formula is C25H24ClFN4O2. The molecule has 0 amide bonds. The van der Waals surface area contributed by atoms with Crippen molar-refractivity contribution in [2.45, 2.75) is 33.6 Å². The minimum atomic E-state index is -0.244. The lowest BCUT2D eigenvalue weighted by Gasteiger charge is -2.26. The van der Waals surface area contributed by atoms with Gasteiger partial charge in [0, 0.05) is 24.2 Å². The fraction of sp³-hybridized carbons (Fsp3) is 0.280. The molecule has 6 nitrogen and oxygen atoms in total. The van der Waals surface area contributed by atoms with Gasteiger partial charge in [-0.05, 0) is 49.7 Å². The molecule has 2 aromatic carbocycles. The van der Waals surface area contributed by atoms with E-state index in [4.69, 9.17) is 31.2 Å². The van der Waals surface area contributed by atoms with Gasteiger partial charge in [0.2, 0.25) is 0 Å². The first kappa shape index (κ1) is 21.7. The van der Waals surface area contributed by atoms with Crippen molar-refractivity contribution in [3.63, 3.8) is 0 Å². The zero-order chi connectivity index (χ0) is 23.1. The second kappa shape index (κ2) is 8.65. The van der Waals surface area contributed by atoms with Crippen LogP contribution in [0.1, 0.15) is 29.4 Å². The van der Waals surface area contributed by atoms with Crippen molar-refractivity contribution in [2.75, 3.05) is 18.6 Å². The molecule has 1 aliphatic heterocycles. The maximum absolute atomic E-state index is 13.4. The molecule has 8 heteroatoms. The fourth-order valence-corrected chi connectivity index (χ4v) is 4.61. The molecule has 33 heavy (non-hydrogen) atoms. The number of nitrogens with zero attached hydrogens (tertiary/aromatic N) is 4. The van der Waals surface area contributed by atoms with E-state index in [0.717, 1.165) is 51.7 Å². The number of benzene rings is 2. The van der Waals surface area contributed by atoms with Crippen LogP contribution in [-0.2, 0) is 24.5 Å². The first-order chi connectivity index (χ1) is 16.0. The van der Waals surface area contributed by atoms with Crippen molar-refractivity contribution in [1.82, 2.24) is 14.6 Å². The minimum Gasteiger partial charge on any atom is -0.497 e. The molecule has 0 saturated carbocycles. The summed E-state index contributed by atoms with van der Waals surface area (Å²) in [5.41, 5.74) is 6.25. The molecule has 0 N–H and O–H groups in total. The van der Waals surface area contributed by atoms with Crippen molar-refractivity contribution >= 4 is 23.1 Å². The van der Waals surface area contributed by atoms with Crippen LogP contribution >= 0.6 is 11.6 Å². The SMILES string of the molecule is CCN(Cc1ccc(F)cc1)c1c2c(nc3c(-c4ccc(OC)cc4Cl)c(C)nn13)COC2. The third-order valence-electron chi connectivity index (χ3n) is 5.99. The third kappa shape index (κ3) is 3.81. The van der Waals surface area contributed by atoms with Gasteiger partial charge in [0.05, 0.1) is 42.3 Å². The summed E-state index contributed by atoms with van der Waals surface area (Å²) in [6, 6.07) is 12.2. The molecule has 4 aromatic rings. The number of hydrogen-bond acceptors (Lipinski definition) is 5. The highest BCUT2D eigenvalue weighted by atomic mass is 35.5. The van der Waals surface area contributed by atoms with Gasteiger partial charge in [-0.2, -0.15) is 9.61 Å². The average molecular weight is 467 g/mol. The predicted octanol–water partition coefficient (Wildman–Crippen LogP) is 5.56. The summed E-state index contributed by atoms with van der Waals surface area (Å²) < 4.78 is 26.4. The number of anilines is 1. The summed E-state index contributed by atoms with van der Waals surface area (Å²) in [5.74, 6) is 1.39. The second-order valence-electron chi connectivity index (χ2n) is 8.04. The van der Waals surface area contributed by atoms with Crippen molar-refractivity contribution in [2.24, 2.45) is 0 Å². The lowest BCUT2D eigenvalue weighted by Crippen LogP contribution is -2.26. The zero-order valence-corrected chi connectivity index (χ0v) is 19.5. The van der Waals surface area contributed by atoms with Crippen LogP contribution in [0.25, 0.3) is 16.8 Å². The monoisotopic (exact) mass is 466 g/mol. The van der Waals surface area contributed by atoms with E-state index in [1.165, 1.54) is 12.1 Å². The molecule has 0 fully saturated rings. The number of aromatic nitrogens is 3. The van der Waals surface area contributed by atoms with Gasteiger partial charge in [-0.25, -0.2) is 9.37 Å². The Balaban J connectivity index is 1.69. The lowest BCUT2D eigenvalue weighted by atomic mass is 10.1. The summed E-state index contributed by atoms with van der Waals surface area (Å²) in [7, 11) is 1.61. The summed E-state index contributed by atoms with van der Waals surface area (Å²) in [4.78, 5) is 7.17. The molecule has 0 aliphatic carbocycles. The molecule has 0 bridgehead atoms. The molecule has 0 atom stereocenters. The van der Waals surface area contributed by atoms with Gasteiger partial charge in [-0.3, -0.25) is 0 Å². The maximum atomic E-state index is 13.4. The molecule has 0 spiro atoms. The molecule has 0 unspecified atom stereocenters. The molecule has 170 valence electrons. The maximum Gasteiger partial charge on any atom is 0.165 e. The Hall–Kier alpha value is -3.16. The summed E-state index contributed by atoms with van der Waals surface area (Å²) in [6.07, 6.45) is 0. The molecule has 0 saturated heterocycles. The largest absolute Gasteiger partial charge is 0.497 e. The van der Waals surface area contributed by atoms with Crippen LogP contribution in [0, 0.1) is 12.7 Å². The highest BCUT2D eigenvalue weighted by Crippen LogP contribution is 2.39. The minimum absolute atomic E-state index is 0.244. The van der Waals surface area contributed by atoms with E-state index in [0.29, 0.717) is 30.5 Å². The predicted molar refractivity (Wildman–Crippen MR) is 126 cm³/mol. The van der Waals surface area contributed by atoms with E-state index in [9.17, 15) is 4.39 Å². The Labute approximate surface area is 196 Å². The Kier molecular flexibility index (Phi) is 5.68. The topological polar surface area (TPSA) is 51.9 Å². The lowest BCUT2D eigenvalue weighted by molar-refractivity contribution is 0.133. The van der Waals surface area contributed by atoms with Crippen molar-refractivity contribution in [1.29, 1.82) is 0 Å². The first-order valence-electron chi connectivity index (χ1n) is 10.8. The number of ether oxygens (including phenoxy) is 2. The Bertz CT molecular complexity index is 1340. The number of aryl methyl sites for hydroxylation is 1. The van der Waals surface area contributed by atoms with Crippen LogP contribution in [0.5, 0.6) is 5.75 Å². The summed E-state index contributed by atoms with van der Waals surface area (Å²) in [6.45, 7) is 6.33. The van der Waals surface area contributed by atoms with Gasteiger partial charge in [0.1, 0.15) is 17.4 Å². The fourth-order valence-electron chi connectivity index (χ4n) is 4.35. The smallest absolute Gasteiger partial charge is 0.165 e. The van der Waals surface area contributed by atoms with Crippen LogP contribution < -0.4 is 9.64 Å². The van der Waals surface area contributed by atoms with Gasteiger partial charge in [0.25, 0.3) is 0 Å². The second-order valence-corrected chi connectivity index (χ2v) is 8.44. The highest BCUT2D eigenvalue weighted by Gasteiger charge is 2.28. The Morgan fingerprint density at radius 1 is 1.18 bits per heavy atom. The Morgan fingerprint density at radius 3 is 2.67 bits per heavy atom. The average Bonchev–Trinajstić information content (AvgIpc) is 3.41. The number of rotatable bonds is 6. The standard InChI is InChI=1S/C25H24ClFN4O2/c1-4-30(12-16-5-7-17(27)8-6-16)25-20-13-33-14-22(20)28-24-23(15(2)29-31(24)25)19-10-9-18(32-3)11-21(19)26/h5-11H,4,12-14H2,1-3H3. The van der Waals surface area contributed by atoms with Crippen LogP contribution in [0.15, 0.2) is 42.5 Å². The van der Waals surface area contributed by atoms with Gasteiger partial charge in [-0.1, -0.05) is 23.7 Å². The van der Waals surface area contributed by atoms with E-state index in [2.05, 4.69) is 11.8 Å². The van der Waals surface area contributed by atoms with E-state index < -0.39 is 0 Å². The summed E-state index contributed by atoms with van der Waals surface area (Å²) >= 11 is 6.63. The van der Waals surface area contributed by atoms with Crippen LogP contribution in [0.3, 0.4) is 0 Å². The van der Waals surface area contributed by atoms with Crippen molar-refractivity contribution in [3.8, 4) is 16.9 Å². The van der Waals surface area contributed by atoms with Gasteiger partial charge in [-0.15, -0.1) is 0 Å². The van der Waals surface area contributed by atoms with Crippen molar-refractivity contribution in [3.05, 3.63) is 75.8 Å². The highest BCUT2D eigenvalue weighted by molar-refractivity contribution is 6.33. The van der Waals surface area contributed by atoms with E-state index >= 15 is 0 Å². The number of hydrogen-bond donors (Lipinski definition) is 0. The molecule has 1 aliphatic rings. The Morgan fingerprint density at radius 2 is 1.97 bits per heavy atom. The van der Waals surface area contributed by atoms with Crippen molar-refractivity contribution < 1.29 is 13.9 Å². The van der Waals surface area contributed by atoms with E-state index in [1.54, 1.807) is 13.2 Å². The zero-order valence-electron chi connectivity index (χ0n) is 18.7. The molecule has 3 heterocycles. The molecule has 0 radical (unpaired) electrons. The van der Waals surface area contributed by atoms with E-state index in [-0.39, 0.29) is 5.82 Å². The van der Waals surface area contributed by atoms with Gasteiger partial charge < -0.3 is 14.4 Å². The summed E-state index contributed by atoms with van der Waals surface area (Å²) in [5, 5.41) is 5.46. The van der Waals surface area contributed by atoms with Gasteiger partial charge in [0.15, 0.2) is 5.65 Å². The van der Waals surface area contributed by atoms with Crippen LogP contribution in [0.4, 0.5) is 10.2 Å². The molecule has 2 aromatic heterocycles. The number of methoxy groups -OCH3 is 1. The molecular weight excluding hydrogens is 443 g/mol. The van der Waals surface area contributed by atoms with Gasteiger partial charge >= 0.3 is 0 Å². The quantitative estimate of drug-likeness (QED) is 0.372. The van der Waals surface area contributed by atoms with Crippen LogP contribution in [-0.4, -0.2) is 28.3 Å². The third-order valence-corrected chi connectivity index (χ3v) is 6.31. The first-order valence-corrected chi connectivity index (χ1v) is 11.2. The normalized spacial score (nSPS) is 12.9. The number of fused-ring (bicyclic) bond motifs is 2. The van der Waals surface area contributed by atoms with E-state index in [1.807, 2.05) is 35.7 Å². The van der Waals surface area contributed by atoms with Crippen LogP contribution in [0.2, 0.25) is 5.02 Å². The molecule has 5 rings (SSSR count).